The van der Waals surface area contributed by atoms with Crippen LogP contribution < -0.4 is 5.43 Å². The molecule has 0 bridgehead atoms. The van der Waals surface area contributed by atoms with Gasteiger partial charge in [0.1, 0.15) is 0 Å². The fourth-order valence-corrected chi connectivity index (χ4v) is 3.18. The molecule has 1 aromatic carbocycles. The third-order valence-electron chi connectivity index (χ3n) is 2.71. The number of carbonyl (C=O) groups excluding carboxylic acids is 1. The number of hydrazone groups is 1. The minimum atomic E-state index is -0.156. The van der Waals surface area contributed by atoms with E-state index in [2.05, 4.69) is 10.5 Å². The molecule has 1 aliphatic rings. The number of thioether (sulfide) groups is 1. The molecule has 2 rings (SSSR count). The number of carbonyl (C=O) groups is 1. The molecule has 0 aliphatic carbocycles. The summed E-state index contributed by atoms with van der Waals surface area (Å²) in [5.41, 5.74) is 4.79. The normalized spacial score (nSPS) is 16.7. The zero-order valence-electron chi connectivity index (χ0n) is 10.5. The predicted molar refractivity (Wildman–Crippen MR) is 81.3 cm³/mol. The lowest BCUT2D eigenvalue weighted by atomic mass is 10.2. The van der Waals surface area contributed by atoms with Crippen LogP contribution in [0.15, 0.2) is 33.8 Å². The standard InChI is InChI=1S/C13H12Cl2N2OS/c1-3-8-11(16-17-13(8)18)6-19-12-4-7(2)9(14)5-10(12)15/h3-5H,6H2,1-2H3,(H,17,18)/b8-3+. The average molecular weight is 315 g/mol. The Morgan fingerprint density at radius 3 is 2.79 bits per heavy atom. The number of allylic oxidation sites excluding steroid dienone is 1. The van der Waals surface area contributed by atoms with Crippen LogP contribution in [-0.4, -0.2) is 17.4 Å². The van der Waals surface area contributed by atoms with Crippen molar-refractivity contribution in [1.29, 1.82) is 0 Å². The van der Waals surface area contributed by atoms with Gasteiger partial charge in [-0.25, -0.2) is 5.43 Å². The molecule has 1 aromatic rings. The van der Waals surface area contributed by atoms with Crippen molar-refractivity contribution in [3.05, 3.63) is 39.4 Å². The molecular weight excluding hydrogens is 303 g/mol. The highest BCUT2D eigenvalue weighted by molar-refractivity contribution is 8.00. The quantitative estimate of drug-likeness (QED) is 0.680. The van der Waals surface area contributed by atoms with Crippen molar-refractivity contribution in [2.45, 2.75) is 18.7 Å². The first kappa shape index (κ1) is 14.4. The van der Waals surface area contributed by atoms with E-state index in [1.54, 1.807) is 12.1 Å². The number of aryl methyl sites for hydroxylation is 1. The molecule has 0 saturated carbocycles. The van der Waals surface area contributed by atoms with Crippen molar-refractivity contribution in [3.63, 3.8) is 0 Å². The van der Waals surface area contributed by atoms with Crippen LogP contribution >= 0.6 is 35.0 Å². The molecule has 0 fully saturated rings. The summed E-state index contributed by atoms with van der Waals surface area (Å²) in [6, 6.07) is 3.67. The van der Waals surface area contributed by atoms with Gasteiger partial charge in [-0.15, -0.1) is 11.8 Å². The van der Waals surface area contributed by atoms with Gasteiger partial charge in [-0.1, -0.05) is 29.3 Å². The first-order chi connectivity index (χ1) is 9.02. The summed E-state index contributed by atoms with van der Waals surface area (Å²) < 4.78 is 0. The molecule has 3 nitrogen and oxygen atoms in total. The first-order valence-electron chi connectivity index (χ1n) is 5.65. The van der Waals surface area contributed by atoms with Crippen molar-refractivity contribution in [2.24, 2.45) is 5.10 Å². The molecule has 1 aliphatic heterocycles. The summed E-state index contributed by atoms with van der Waals surface area (Å²) >= 11 is 13.7. The van der Waals surface area contributed by atoms with E-state index in [9.17, 15) is 4.79 Å². The summed E-state index contributed by atoms with van der Waals surface area (Å²) in [7, 11) is 0. The fraction of sp³-hybridized carbons (Fsp3) is 0.231. The van der Waals surface area contributed by atoms with E-state index in [-0.39, 0.29) is 5.91 Å². The zero-order valence-corrected chi connectivity index (χ0v) is 12.8. The molecule has 6 heteroatoms. The lowest BCUT2D eigenvalue weighted by molar-refractivity contribution is -0.116. The van der Waals surface area contributed by atoms with E-state index in [4.69, 9.17) is 23.2 Å². The van der Waals surface area contributed by atoms with E-state index < -0.39 is 0 Å². The summed E-state index contributed by atoms with van der Waals surface area (Å²) in [6.45, 7) is 3.75. The van der Waals surface area contributed by atoms with Crippen LogP contribution in [-0.2, 0) is 4.79 Å². The molecule has 0 radical (unpaired) electrons. The molecule has 1 heterocycles. The van der Waals surface area contributed by atoms with Gasteiger partial charge in [0.05, 0.1) is 16.3 Å². The van der Waals surface area contributed by atoms with Gasteiger partial charge in [0.2, 0.25) is 0 Å². The van der Waals surface area contributed by atoms with Crippen LogP contribution in [0.2, 0.25) is 10.0 Å². The van der Waals surface area contributed by atoms with Gasteiger partial charge in [0, 0.05) is 15.7 Å². The summed E-state index contributed by atoms with van der Waals surface area (Å²) in [4.78, 5) is 12.4. The van der Waals surface area contributed by atoms with E-state index >= 15 is 0 Å². The van der Waals surface area contributed by atoms with Crippen molar-refractivity contribution in [1.82, 2.24) is 5.43 Å². The van der Waals surface area contributed by atoms with Gasteiger partial charge in [-0.2, -0.15) is 5.10 Å². The third-order valence-corrected chi connectivity index (χ3v) is 4.61. The van der Waals surface area contributed by atoms with Crippen LogP contribution in [0.3, 0.4) is 0 Å². The van der Waals surface area contributed by atoms with E-state index in [0.29, 0.717) is 21.4 Å². The van der Waals surface area contributed by atoms with Crippen LogP contribution in [0.1, 0.15) is 12.5 Å². The predicted octanol–water partition coefficient (Wildman–Crippen LogP) is 3.83. The Labute approximate surface area is 126 Å². The number of hydrogen-bond acceptors (Lipinski definition) is 3. The van der Waals surface area contributed by atoms with Crippen molar-refractivity contribution in [3.8, 4) is 0 Å². The Hall–Kier alpha value is -0.970. The Morgan fingerprint density at radius 2 is 2.11 bits per heavy atom. The molecule has 1 N–H and O–H groups in total. The Bertz CT molecular complexity index is 597. The van der Waals surface area contributed by atoms with Crippen LogP contribution in [0.5, 0.6) is 0 Å². The number of benzene rings is 1. The third kappa shape index (κ3) is 3.14. The number of nitrogens with one attached hydrogen (secondary N) is 1. The average Bonchev–Trinajstić information content (AvgIpc) is 2.72. The highest BCUT2D eigenvalue weighted by Gasteiger charge is 2.21. The van der Waals surface area contributed by atoms with Gasteiger partial charge in [-0.05, 0) is 31.5 Å². The molecule has 100 valence electrons. The van der Waals surface area contributed by atoms with Crippen molar-refractivity contribution < 1.29 is 4.79 Å². The molecule has 19 heavy (non-hydrogen) atoms. The number of amides is 1. The molecule has 0 saturated heterocycles. The van der Waals surface area contributed by atoms with Gasteiger partial charge in [-0.3, -0.25) is 4.79 Å². The van der Waals surface area contributed by atoms with E-state index in [1.165, 1.54) is 11.8 Å². The fourth-order valence-electron chi connectivity index (χ4n) is 1.66. The van der Waals surface area contributed by atoms with Crippen LogP contribution in [0, 0.1) is 6.92 Å². The number of hydrogen-bond donors (Lipinski definition) is 1. The summed E-state index contributed by atoms with van der Waals surface area (Å²) in [6.07, 6.45) is 1.76. The molecule has 0 unspecified atom stereocenters. The Kier molecular flexibility index (Phi) is 4.55. The van der Waals surface area contributed by atoms with Crippen LogP contribution in [0.25, 0.3) is 0 Å². The highest BCUT2D eigenvalue weighted by Crippen LogP contribution is 2.32. The molecule has 0 atom stereocenters. The monoisotopic (exact) mass is 314 g/mol. The van der Waals surface area contributed by atoms with Gasteiger partial charge in [0.15, 0.2) is 0 Å². The molecule has 0 aromatic heterocycles. The maximum Gasteiger partial charge on any atom is 0.272 e. The maximum atomic E-state index is 11.4. The largest absolute Gasteiger partial charge is 0.272 e. The highest BCUT2D eigenvalue weighted by atomic mass is 35.5. The Morgan fingerprint density at radius 1 is 1.37 bits per heavy atom. The Balaban J connectivity index is 2.12. The number of halogens is 2. The second-order valence-corrected chi connectivity index (χ2v) is 5.85. The van der Waals surface area contributed by atoms with E-state index in [1.807, 2.05) is 19.9 Å². The summed E-state index contributed by atoms with van der Waals surface area (Å²) in [5, 5.41) is 5.28. The molecular formula is C13H12Cl2N2OS. The minimum Gasteiger partial charge on any atom is -0.267 e. The van der Waals surface area contributed by atoms with Crippen LogP contribution in [0.4, 0.5) is 0 Å². The van der Waals surface area contributed by atoms with Gasteiger partial charge in [0.25, 0.3) is 5.91 Å². The minimum absolute atomic E-state index is 0.156. The molecule has 0 spiro atoms. The maximum absolute atomic E-state index is 11.4. The van der Waals surface area contributed by atoms with Crippen molar-refractivity contribution in [2.75, 3.05) is 5.75 Å². The van der Waals surface area contributed by atoms with Gasteiger partial charge >= 0.3 is 0 Å². The van der Waals surface area contributed by atoms with Gasteiger partial charge < -0.3 is 0 Å². The number of rotatable bonds is 3. The second kappa shape index (κ2) is 5.99. The lowest BCUT2D eigenvalue weighted by Crippen LogP contribution is -2.13. The zero-order chi connectivity index (χ0) is 14.0. The smallest absolute Gasteiger partial charge is 0.267 e. The second-order valence-electron chi connectivity index (χ2n) is 4.02. The molecule has 1 amide bonds. The van der Waals surface area contributed by atoms with E-state index in [0.717, 1.165) is 16.2 Å². The summed E-state index contributed by atoms with van der Waals surface area (Å²) in [5.74, 6) is 0.427. The number of nitrogens with zero attached hydrogens (tertiary/aromatic N) is 1. The van der Waals surface area contributed by atoms with Crippen molar-refractivity contribution >= 4 is 46.6 Å². The first-order valence-corrected chi connectivity index (χ1v) is 7.39. The topological polar surface area (TPSA) is 41.5 Å². The lowest BCUT2D eigenvalue weighted by Gasteiger charge is -2.07. The SMILES string of the molecule is C/C=C1/C(=O)NN=C1CSc1cc(C)c(Cl)cc1Cl.